The summed E-state index contributed by atoms with van der Waals surface area (Å²) in [7, 11) is 3.61. The highest BCUT2D eigenvalue weighted by Crippen LogP contribution is 2.19. The average Bonchev–Trinajstić information content (AvgIpc) is 2.65. The SMILES string of the molecule is CCNC(=NCC(O)c1cccc(OC)c1)N(C)Cc1ccccc1. The van der Waals surface area contributed by atoms with Gasteiger partial charge < -0.3 is 20.1 Å². The van der Waals surface area contributed by atoms with Gasteiger partial charge in [-0.25, -0.2) is 0 Å². The Balaban J connectivity index is 2.04. The van der Waals surface area contributed by atoms with Gasteiger partial charge in [0.2, 0.25) is 0 Å². The molecular weight excluding hydrogens is 314 g/mol. The number of nitrogens with zero attached hydrogens (tertiary/aromatic N) is 2. The van der Waals surface area contributed by atoms with Crippen molar-refractivity contribution in [2.75, 3.05) is 27.2 Å². The number of methoxy groups -OCH3 is 1. The Morgan fingerprint density at radius 3 is 2.64 bits per heavy atom. The molecule has 25 heavy (non-hydrogen) atoms. The minimum absolute atomic E-state index is 0.286. The Bertz CT molecular complexity index is 674. The summed E-state index contributed by atoms with van der Waals surface area (Å²) < 4.78 is 5.21. The highest BCUT2D eigenvalue weighted by Gasteiger charge is 2.11. The monoisotopic (exact) mass is 341 g/mol. The normalized spacial score (nSPS) is 12.6. The Hall–Kier alpha value is -2.53. The van der Waals surface area contributed by atoms with Gasteiger partial charge in [0.05, 0.1) is 19.8 Å². The van der Waals surface area contributed by atoms with Crippen molar-refractivity contribution in [2.45, 2.75) is 19.6 Å². The summed E-state index contributed by atoms with van der Waals surface area (Å²) in [6, 6.07) is 17.7. The minimum atomic E-state index is -0.672. The predicted molar refractivity (Wildman–Crippen MR) is 102 cm³/mol. The van der Waals surface area contributed by atoms with Gasteiger partial charge in [-0.1, -0.05) is 42.5 Å². The van der Waals surface area contributed by atoms with Crippen LogP contribution in [0.1, 0.15) is 24.2 Å². The first-order valence-corrected chi connectivity index (χ1v) is 8.49. The standard InChI is InChI=1S/C20H27N3O2/c1-4-21-20(23(2)15-16-9-6-5-7-10-16)22-14-19(24)17-11-8-12-18(13-17)25-3/h5-13,19,24H,4,14-15H2,1-3H3,(H,21,22). The number of aliphatic hydroxyl groups is 1. The fraction of sp³-hybridized carbons (Fsp3) is 0.350. The van der Waals surface area contributed by atoms with Gasteiger partial charge in [-0.3, -0.25) is 4.99 Å². The third-order valence-corrected chi connectivity index (χ3v) is 3.85. The summed E-state index contributed by atoms with van der Waals surface area (Å²) in [5.41, 5.74) is 2.01. The Labute approximate surface area is 150 Å². The zero-order chi connectivity index (χ0) is 18.1. The fourth-order valence-corrected chi connectivity index (χ4v) is 2.53. The largest absolute Gasteiger partial charge is 0.497 e. The van der Waals surface area contributed by atoms with Crippen molar-refractivity contribution >= 4 is 5.96 Å². The third-order valence-electron chi connectivity index (χ3n) is 3.85. The van der Waals surface area contributed by atoms with Gasteiger partial charge in [0, 0.05) is 20.1 Å². The summed E-state index contributed by atoms with van der Waals surface area (Å²) in [5, 5.41) is 13.7. The molecule has 1 atom stereocenters. The van der Waals surface area contributed by atoms with Gasteiger partial charge in [0.15, 0.2) is 5.96 Å². The molecule has 0 amide bonds. The summed E-state index contributed by atoms with van der Waals surface area (Å²) in [6.45, 7) is 3.84. The van der Waals surface area contributed by atoms with E-state index in [2.05, 4.69) is 27.3 Å². The molecule has 2 rings (SSSR count). The molecule has 0 saturated carbocycles. The molecule has 0 saturated heterocycles. The summed E-state index contributed by atoms with van der Waals surface area (Å²) in [6.07, 6.45) is -0.672. The first-order valence-electron chi connectivity index (χ1n) is 8.49. The lowest BCUT2D eigenvalue weighted by Gasteiger charge is -2.22. The summed E-state index contributed by atoms with van der Waals surface area (Å²) in [5.74, 6) is 1.50. The molecule has 0 aliphatic rings. The zero-order valence-corrected chi connectivity index (χ0v) is 15.1. The van der Waals surface area contributed by atoms with Crippen molar-refractivity contribution < 1.29 is 9.84 Å². The highest BCUT2D eigenvalue weighted by molar-refractivity contribution is 5.79. The maximum atomic E-state index is 10.4. The molecule has 1 unspecified atom stereocenters. The summed E-state index contributed by atoms with van der Waals surface area (Å²) in [4.78, 5) is 6.63. The van der Waals surface area contributed by atoms with Crippen LogP contribution in [-0.2, 0) is 6.54 Å². The number of rotatable bonds is 7. The van der Waals surface area contributed by atoms with Crippen molar-refractivity contribution in [1.29, 1.82) is 0 Å². The van der Waals surface area contributed by atoms with Crippen LogP contribution in [0.25, 0.3) is 0 Å². The lowest BCUT2D eigenvalue weighted by Crippen LogP contribution is -2.38. The molecule has 0 radical (unpaired) electrons. The van der Waals surface area contributed by atoms with Crippen molar-refractivity contribution in [3.05, 3.63) is 65.7 Å². The van der Waals surface area contributed by atoms with Crippen LogP contribution in [0.3, 0.4) is 0 Å². The van der Waals surface area contributed by atoms with Gasteiger partial charge in [0.1, 0.15) is 5.75 Å². The highest BCUT2D eigenvalue weighted by atomic mass is 16.5. The van der Waals surface area contributed by atoms with Crippen LogP contribution < -0.4 is 10.1 Å². The van der Waals surface area contributed by atoms with E-state index in [9.17, 15) is 5.11 Å². The Morgan fingerprint density at radius 1 is 1.20 bits per heavy atom. The van der Waals surface area contributed by atoms with Gasteiger partial charge >= 0.3 is 0 Å². The number of aliphatic imine (C=N–C) groups is 1. The van der Waals surface area contributed by atoms with E-state index in [-0.39, 0.29) is 6.54 Å². The second-order valence-corrected chi connectivity index (χ2v) is 5.83. The molecule has 0 aromatic heterocycles. The third kappa shape index (κ3) is 5.80. The molecule has 2 aromatic carbocycles. The quantitative estimate of drug-likeness (QED) is 0.601. The topological polar surface area (TPSA) is 57.1 Å². The van der Waals surface area contributed by atoms with Crippen LogP contribution in [-0.4, -0.2) is 43.2 Å². The van der Waals surface area contributed by atoms with E-state index in [4.69, 9.17) is 4.74 Å². The van der Waals surface area contributed by atoms with E-state index < -0.39 is 6.10 Å². The minimum Gasteiger partial charge on any atom is -0.497 e. The number of hydrogen-bond donors (Lipinski definition) is 2. The second-order valence-electron chi connectivity index (χ2n) is 5.83. The molecule has 0 heterocycles. The van der Waals surface area contributed by atoms with Crippen molar-refractivity contribution in [2.24, 2.45) is 4.99 Å². The molecular formula is C20H27N3O2. The van der Waals surface area contributed by atoms with Crippen LogP contribution in [0.2, 0.25) is 0 Å². The lowest BCUT2D eigenvalue weighted by atomic mass is 10.1. The van der Waals surface area contributed by atoms with Crippen LogP contribution in [0.4, 0.5) is 0 Å². The van der Waals surface area contributed by atoms with Crippen molar-refractivity contribution in [1.82, 2.24) is 10.2 Å². The molecule has 0 aliphatic carbocycles. The van der Waals surface area contributed by atoms with Gasteiger partial charge in [-0.05, 0) is 30.2 Å². The summed E-state index contributed by atoms with van der Waals surface area (Å²) >= 11 is 0. The van der Waals surface area contributed by atoms with Gasteiger partial charge in [-0.2, -0.15) is 0 Å². The molecule has 0 spiro atoms. The number of guanidine groups is 1. The molecule has 5 nitrogen and oxygen atoms in total. The zero-order valence-electron chi connectivity index (χ0n) is 15.1. The van der Waals surface area contributed by atoms with Crippen LogP contribution >= 0.6 is 0 Å². The molecule has 134 valence electrons. The van der Waals surface area contributed by atoms with E-state index in [1.807, 2.05) is 56.4 Å². The van der Waals surface area contributed by atoms with Crippen molar-refractivity contribution in [3.8, 4) is 5.75 Å². The van der Waals surface area contributed by atoms with E-state index in [1.165, 1.54) is 5.56 Å². The van der Waals surface area contributed by atoms with E-state index in [1.54, 1.807) is 7.11 Å². The van der Waals surface area contributed by atoms with Gasteiger partial charge in [0.25, 0.3) is 0 Å². The van der Waals surface area contributed by atoms with Crippen LogP contribution in [0.5, 0.6) is 5.75 Å². The first kappa shape index (κ1) is 18.8. The molecule has 2 aromatic rings. The van der Waals surface area contributed by atoms with Crippen LogP contribution in [0, 0.1) is 0 Å². The maximum absolute atomic E-state index is 10.4. The number of aliphatic hydroxyl groups excluding tert-OH is 1. The molecule has 2 N–H and O–H groups in total. The molecule has 0 aliphatic heterocycles. The first-order chi connectivity index (χ1) is 12.1. The Morgan fingerprint density at radius 2 is 1.96 bits per heavy atom. The number of hydrogen-bond acceptors (Lipinski definition) is 3. The maximum Gasteiger partial charge on any atom is 0.194 e. The fourth-order valence-electron chi connectivity index (χ4n) is 2.53. The smallest absolute Gasteiger partial charge is 0.194 e. The average molecular weight is 341 g/mol. The van der Waals surface area contributed by atoms with E-state index in [0.717, 1.165) is 30.4 Å². The van der Waals surface area contributed by atoms with Crippen LogP contribution in [0.15, 0.2) is 59.6 Å². The molecule has 5 heteroatoms. The number of benzene rings is 2. The molecule has 0 fully saturated rings. The second kappa shape index (κ2) is 9.69. The Kier molecular flexibility index (Phi) is 7.29. The number of ether oxygens (including phenoxy) is 1. The van der Waals surface area contributed by atoms with E-state index >= 15 is 0 Å². The van der Waals surface area contributed by atoms with E-state index in [0.29, 0.717) is 0 Å². The molecule has 0 bridgehead atoms. The van der Waals surface area contributed by atoms with Gasteiger partial charge in [-0.15, -0.1) is 0 Å². The predicted octanol–water partition coefficient (Wildman–Crippen LogP) is 2.83. The number of nitrogens with one attached hydrogen (secondary N) is 1. The lowest BCUT2D eigenvalue weighted by molar-refractivity contribution is 0.186. The van der Waals surface area contributed by atoms with Crippen molar-refractivity contribution in [3.63, 3.8) is 0 Å².